The SMILES string of the molecule is Cc1cc2c(s1)CNCC2c1ccc(Br)cc1.Cl. The molecule has 1 N–H and O–H groups in total. The van der Waals surface area contributed by atoms with Gasteiger partial charge < -0.3 is 5.32 Å². The molecule has 4 heteroatoms. The molecule has 96 valence electrons. The molecule has 0 saturated heterocycles. The second kappa shape index (κ2) is 5.74. The summed E-state index contributed by atoms with van der Waals surface area (Å²) in [5, 5.41) is 3.52. The van der Waals surface area contributed by atoms with E-state index < -0.39 is 0 Å². The zero-order chi connectivity index (χ0) is 11.8. The smallest absolute Gasteiger partial charge is 0.0303 e. The monoisotopic (exact) mass is 343 g/mol. The summed E-state index contributed by atoms with van der Waals surface area (Å²) in [6, 6.07) is 11.1. The second-order valence-electron chi connectivity index (χ2n) is 4.47. The Hall–Kier alpha value is -0.350. The molecule has 1 nitrogen and oxygen atoms in total. The number of halogens is 2. The van der Waals surface area contributed by atoms with Crippen molar-refractivity contribution in [1.82, 2.24) is 5.32 Å². The Morgan fingerprint density at radius 1 is 1.28 bits per heavy atom. The van der Waals surface area contributed by atoms with E-state index in [2.05, 4.69) is 58.5 Å². The molecule has 18 heavy (non-hydrogen) atoms. The molecule has 1 aromatic heterocycles. The second-order valence-corrected chi connectivity index (χ2v) is 6.73. The third-order valence-electron chi connectivity index (χ3n) is 3.25. The summed E-state index contributed by atoms with van der Waals surface area (Å²) in [6.07, 6.45) is 0. The molecular weight excluding hydrogens is 330 g/mol. The van der Waals surface area contributed by atoms with Crippen molar-refractivity contribution in [2.75, 3.05) is 6.54 Å². The molecule has 1 aliphatic rings. The number of hydrogen-bond donors (Lipinski definition) is 1. The van der Waals surface area contributed by atoms with Crippen molar-refractivity contribution in [2.24, 2.45) is 0 Å². The first-order chi connectivity index (χ1) is 8.24. The van der Waals surface area contributed by atoms with Gasteiger partial charge in [-0.05, 0) is 36.2 Å². The summed E-state index contributed by atoms with van der Waals surface area (Å²) >= 11 is 5.41. The minimum Gasteiger partial charge on any atom is -0.311 e. The van der Waals surface area contributed by atoms with Gasteiger partial charge in [-0.2, -0.15) is 0 Å². The van der Waals surface area contributed by atoms with E-state index in [9.17, 15) is 0 Å². The van der Waals surface area contributed by atoms with Crippen molar-refractivity contribution < 1.29 is 0 Å². The van der Waals surface area contributed by atoms with Gasteiger partial charge in [0.15, 0.2) is 0 Å². The van der Waals surface area contributed by atoms with Gasteiger partial charge in [-0.3, -0.25) is 0 Å². The molecule has 1 atom stereocenters. The molecule has 1 aromatic carbocycles. The van der Waals surface area contributed by atoms with Crippen LogP contribution in [0.4, 0.5) is 0 Å². The van der Waals surface area contributed by atoms with Crippen LogP contribution in [0.5, 0.6) is 0 Å². The van der Waals surface area contributed by atoms with Crippen molar-refractivity contribution in [3.05, 3.63) is 55.7 Å². The van der Waals surface area contributed by atoms with Crippen molar-refractivity contribution >= 4 is 39.7 Å². The van der Waals surface area contributed by atoms with E-state index in [0.29, 0.717) is 5.92 Å². The maximum atomic E-state index is 3.52. The van der Waals surface area contributed by atoms with Crippen LogP contribution in [0.3, 0.4) is 0 Å². The van der Waals surface area contributed by atoms with Crippen molar-refractivity contribution in [3.63, 3.8) is 0 Å². The number of benzene rings is 1. The Morgan fingerprint density at radius 2 is 2.00 bits per heavy atom. The maximum Gasteiger partial charge on any atom is 0.0303 e. The molecule has 0 amide bonds. The number of hydrogen-bond acceptors (Lipinski definition) is 2. The zero-order valence-corrected chi connectivity index (χ0v) is 13.3. The first-order valence-electron chi connectivity index (χ1n) is 5.79. The zero-order valence-electron chi connectivity index (χ0n) is 10.1. The molecule has 1 aliphatic heterocycles. The topological polar surface area (TPSA) is 12.0 Å². The Morgan fingerprint density at radius 3 is 2.72 bits per heavy atom. The summed E-state index contributed by atoms with van der Waals surface area (Å²) in [4.78, 5) is 2.92. The lowest BCUT2D eigenvalue weighted by Crippen LogP contribution is -2.27. The third kappa shape index (κ3) is 2.64. The predicted molar refractivity (Wildman–Crippen MR) is 84.0 cm³/mol. The number of fused-ring (bicyclic) bond motifs is 1. The highest BCUT2D eigenvalue weighted by Crippen LogP contribution is 2.35. The predicted octanol–water partition coefficient (Wildman–Crippen LogP) is 4.48. The average Bonchev–Trinajstić information content (AvgIpc) is 2.70. The van der Waals surface area contributed by atoms with Crippen molar-refractivity contribution in [1.29, 1.82) is 0 Å². The molecule has 3 rings (SSSR count). The molecule has 1 unspecified atom stereocenters. The van der Waals surface area contributed by atoms with Crippen LogP contribution in [0, 0.1) is 6.92 Å². The maximum absolute atomic E-state index is 3.52. The van der Waals surface area contributed by atoms with E-state index in [1.807, 2.05) is 11.3 Å². The summed E-state index contributed by atoms with van der Waals surface area (Å²) in [7, 11) is 0. The molecule has 0 aliphatic carbocycles. The summed E-state index contributed by atoms with van der Waals surface area (Å²) in [5.41, 5.74) is 2.92. The van der Waals surface area contributed by atoms with Crippen molar-refractivity contribution in [3.8, 4) is 0 Å². The highest BCUT2D eigenvalue weighted by Gasteiger charge is 2.23. The first-order valence-corrected chi connectivity index (χ1v) is 7.40. The minimum absolute atomic E-state index is 0. The van der Waals surface area contributed by atoms with Crippen LogP contribution in [0.25, 0.3) is 0 Å². The van der Waals surface area contributed by atoms with Crippen LogP contribution in [0.1, 0.15) is 26.8 Å². The van der Waals surface area contributed by atoms with Gasteiger partial charge in [0.05, 0.1) is 0 Å². The van der Waals surface area contributed by atoms with Crippen LogP contribution >= 0.6 is 39.7 Å². The third-order valence-corrected chi connectivity index (χ3v) is 4.84. The van der Waals surface area contributed by atoms with Crippen LogP contribution in [0.2, 0.25) is 0 Å². The largest absolute Gasteiger partial charge is 0.311 e. The fraction of sp³-hybridized carbons (Fsp3) is 0.286. The normalized spacial score (nSPS) is 18.0. The van der Waals surface area contributed by atoms with Gasteiger partial charge in [-0.1, -0.05) is 28.1 Å². The standard InChI is InChI=1S/C14H14BrNS.ClH/c1-9-6-12-13(7-16-8-14(12)17-9)10-2-4-11(15)5-3-10;/h2-6,13,16H,7-8H2,1H3;1H. The van der Waals surface area contributed by atoms with E-state index in [-0.39, 0.29) is 12.4 Å². The summed E-state index contributed by atoms with van der Waals surface area (Å²) in [6.45, 7) is 4.27. The van der Waals surface area contributed by atoms with Gasteiger partial charge >= 0.3 is 0 Å². The molecule has 0 bridgehead atoms. The van der Waals surface area contributed by atoms with E-state index in [0.717, 1.165) is 17.6 Å². The van der Waals surface area contributed by atoms with Gasteiger partial charge in [-0.15, -0.1) is 23.7 Å². The Bertz CT molecular complexity index is 535. The Balaban J connectivity index is 0.00000120. The van der Waals surface area contributed by atoms with Crippen LogP contribution in [-0.2, 0) is 6.54 Å². The van der Waals surface area contributed by atoms with E-state index in [1.165, 1.54) is 20.9 Å². The van der Waals surface area contributed by atoms with E-state index in [1.54, 1.807) is 0 Å². The number of rotatable bonds is 1. The van der Waals surface area contributed by atoms with Crippen LogP contribution in [0.15, 0.2) is 34.8 Å². The Kier molecular flexibility index (Phi) is 4.49. The highest BCUT2D eigenvalue weighted by molar-refractivity contribution is 9.10. The molecule has 2 aromatic rings. The Labute approximate surface area is 126 Å². The number of nitrogens with one attached hydrogen (secondary N) is 1. The average molecular weight is 345 g/mol. The van der Waals surface area contributed by atoms with E-state index in [4.69, 9.17) is 0 Å². The molecule has 2 heterocycles. The lowest BCUT2D eigenvalue weighted by atomic mass is 9.89. The van der Waals surface area contributed by atoms with Gasteiger partial charge in [0.1, 0.15) is 0 Å². The lowest BCUT2D eigenvalue weighted by molar-refractivity contribution is 0.600. The summed E-state index contributed by atoms with van der Waals surface area (Å²) in [5.74, 6) is 0.511. The first kappa shape index (κ1) is 14.1. The number of aryl methyl sites for hydroxylation is 1. The van der Waals surface area contributed by atoms with Crippen LogP contribution < -0.4 is 5.32 Å². The highest BCUT2D eigenvalue weighted by atomic mass is 79.9. The quantitative estimate of drug-likeness (QED) is 0.804. The fourth-order valence-corrected chi connectivity index (χ4v) is 3.78. The van der Waals surface area contributed by atoms with Crippen LogP contribution in [-0.4, -0.2) is 6.54 Å². The molecule has 0 radical (unpaired) electrons. The van der Waals surface area contributed by atoms with Gasteiger partial charge in [0.25, 0.3) is 0 Å². The number of thiophene rings is 1. The molecule has 0 spiro atoms. The van der Waals surface area contributed by atoms with Gasteiger partial charge in [0.2, 0.25) is 0 Å². The van der Waals surface area contributed by atoms with Gasteiger partial charge in [0, 0.05) is 33.2 Å². The lowest BCUT2D eigenvalue weighted by Gasteiger charge is -2.24. The summed E-state index contributed by atoms with van der Waals surface area (Å²) < 4.78 is 1.15. The minimum atomic E-state index is 0. The molecular formula is C14H15BrClNS. The molecule has 0 saturated carbocycles. The van der Waals surface area contributed by atoms with Crippen molar-refractivity contribution in [2.45, 2.75) is 19.4 Å². The molecule has 0 fully saturated rings. The fourth-order valence-electron chi connectivity index (χ4n) is 2.45. The van der Waals surface area contributed by atoms with Gasteiger partial charge in [-0.25, -0.2) is 0 Å². The van der Waals surface area contributed by atoms with E-state index >= 15 is 0 Å².